The van der Waals surface area contributed by atoms with Gasteiger partial charge in [-0.05, 0) is 33.6 Å². The van der Waals surface area contributed by atoms with Gasteiger partial charge in [-0.25, -0.2) is 0 Å². The molecule has 0 fully saturated rings. The number of nitrogens with zero attached hydrogens (tertiary/aromatic N) is 2. The number of hydrogen-bond donors (Lipinski definition) is 1. The molecule has 6 heteroatoms. The third-order valence-electron chi connectivity index (χ3n) is 3.49. The highest BCUT2D eigenvalue weighted by Crippen LogP contribution is 2.43. The Morgan fingerprint density at radius 2 is 2.18 bits per heavy atom. The number of nitriles is 1. The lowest BCUT2D eigenvalue weighted by atomic mass is 9.84. The second-order valence-electron chi connectivity index (χ2n) is 4.77. The SMILES string of the molecule is COc1ccc2c(c1)OC(N)=C(C#N)C2c1cncc(Br)c1. The minimum absolute atomic E-state index is 0.105. The van der Waals surface area contributed by atoms with Crippen LogP contribution in [0.2, 0.25) is 0 Å². The Morgan fingerprint density at radius 3 is 2.86 bits per heavy atom. The molecule has 0 bridgehead atoms. The fraction of sp³-hybridized carbons (Fsp3) is 0.125. The summed E-state index contributed by atoms with van der Waals surface area (Å²) in [5, 5.41) is 9.46. The molecule has 0 spiro atoms. The fourth-order valence-electron chi connectivity index (χ4n) is 2.49. The van der Waals surface area contributed by atoms with E-state index < -0.39 is 0 Å². The van der Waals surface area contributed by atoms with E-state index >= 15 is 0 Å². The van der Waals surface area contributed by atoms with Gasteiger partial charge in [-0.2, -0.15) is 5.26 Å². The zero-order valence-electron chi connectivity index (χ0n) is 11.7. The number of benzene rings is 1. The highest BCUT2D eigenvalue weighted by molar-refractivity contribution is 9.10. The maximum absolute atomic E-state index is 9.46. The van der Waals surface area contributed by atoms with Crippen molar-refractivity contribution >= 4 is 15.9 Å². The van der Waals surface area contributed by atoms with Crippen molar-refractivity contribution in [2.75, 3.05) is 7.11 Å². The molecule has 2 heterocycles. The minimum atomic E-state index is -0.315. The van der Waals surface area contributed by atoms with E-state index in [1.807, 2.05) is 18.2 Å². The van der Waals surface area contributed by atoms with E-state index in [9.17, 15) is 5.26 Å². The minimum Gasteiger partial charge on any atom is -0.497 e. The average molecular weight is 358 g/mol. The van der Waals surface area contributed by atoms with E-state index in [0.29, 0.717) is 17.1 Å². The van der Waals surface area contributed by atoms with E-state index in [2.05, 4.69) is 27.0 Å². The predicted molar refractivity (Wildman–Crippen MR) is 84.2 cm³/mol. The molecule has 22 heavy (non-hydrogen) atoms. The van der Waals surface area contributed by atoms with Gasteiger partial charge in [-0.3, -0.25) is 4.98 Å². The molecular formula is C16H12BrN3O2. The van der Waals surface area contributed by atoms with Gasteiger partial charge in [0.2, 0.25) is 5.88 Å². The van der Waals surface area contributed by atoms with Crippen molar-refractivity contribution in [1.82, 2.24) is 4.98 Å². The van der Waals surface area contributed by atoms with Gasteiger partial charge < -0.3 is 15.2 Å². The lowest BCUT2D eigenvalue weighted by Crippen LogP contribution is -2.21. The van der Waals surface area contributed by atoms with Crippen molar-refractivity contribution in [2.24, 2.45) is 5.73 Å². The van der Waals surface area contributed by atoms with Crippen LogP contribution in [0.3, 0.4) is 0 Å². The first-order valence-electron chi connectivity index (χ1n) is 6.50. The van der Waals surface area contributed by atoms with E-state index in [-0.39, 0.29) is 11.8 Å². The van der Waals surface area contributed by atoms with Crippen molar-refractivity contribution < 1.29 is 9.47 Å². The van der Waals surface area contributed by atoms with E-state index in [4.69, 9.17) is 15.2 Å². The van der Waals surface area contributed by atoms with Crippen molar-refractivity contribution in [2.45, 2.75) is 5.92 Å². The fourth-order valence-corrected chi connectivity index (χ4v) is 2.87. The third-order valence-corrected chi connectivity index (χ3v) is 3.92. The highest BCUT2D eigenvalue weighted by atomic mass is 79.9. The average Bonchev–Trinajstić information content (AvgIpc) is 2.52. The number of nitrogens with two attached hydrogens (primary N) is 1. The van der Waals surface area contributed by atoms with Gasteiger partial charge in [0.15, 0.2) is 0 Å². The lowest BCUT2D eigenvalue weighted by molar-refractivity contribution is 0.381. The van der Waals surface area contributed by atoms with Crippen LogP contribution in [0.4, 0.5) is 0 Å². The van der Waals surface area contributed by atoms with Crippen LogP contribution in [0.15, 0.2) is 52.6 Å². The summed E-state index contributed by atoms with van der Waals surface area (Å²) in [7, 11) is 1.58. The molecular weight excluding hydrogens is 346 g/mol. The number of allylic oxidation sites excluding steroid dienone is 1. The van der Waals surface area contributed by atoms with Crippen LogP contribution in [0.1, 0.15) is 17.0 Å². The molecule has 0 radical (unpaired) electrons. The van der Waals surface area contributed by atoms with Crippen LogP contribution in [-0.4, -0.2) is 12.1 Å². The van der Waals surface area contributed by atoms with Crippen molar-refractivity contribution in [3.8, 4) is 17.6 Å². The van der Waals surface area contributed by atoms with Gasteiger partial charge in [-0.1, -0.05) is 6.07 Å². The summed E-state index contributed by atoms with van der Waals surface area (Å²) in [5.41, 5.74) is 8.01. The van der Waals surface area contributed by atoms with Crippen LogP contribution < -0.4 is 15.2 Å². The Bertz CT molecular complexity index is 811. The number of aromatic nitrogens is 1. The van der Waals surface area contributed by atoms with Crippen LogP contribution in [0, 0.1) is 11.3 Å². The molecule has 1 unspecified atom stereocenters. The van der Waals surface area contributed by atoms with Crippen LogP contribution in [0.25, 0.3) is 0 Å². The van der Waals surface area contributed by atoms with Gasteiger partial charge in [0.1, 0.15) is 23.1 Å². The molecule has 0 amide bonds. The molecule has 2 aromatic rings. The van der Waals surface area contributed by atoms with Crippen molar-refractivity contribution in [3.05, 3.63) is 63.7 Å². The summed E-state index contributed by atoms with van der Waals surface area (Å²) in [5.74, 6) is 1.04. The number of methoxy groups -OCH3 is 1. The zero-order valence-corrected chi connectivity index (χ0v) is 13.3. The second-order valence-corrected chi connectivity index (χ2v) is 5.68. The normalized spacial score (nSPS) is 16.5. The molecule has 1 atom stereocenters. The van der Waals surface area contributed by atoms with E-state index in [1.165, 1.54) is 0 Å². The Morgan fingerprint density at radius 1 is 1.36 bits per heavy atom. The van der Waals surface area contributed by atoms with Crippen LogP contribution in [-0.2, 0) is 0 Å². The maximum Gasteiger partial charge on any atom is 0.205 e. The topological polar surface area (TPSA) is 81.2 Å². The molecule has 2 N–H and O–H groups in total. The zero-order chi connectivity index (χ0) is 15.7. The summed E-state index contributed by atoms with van der Waals surface area (Å²) >= 11 is 3.40. The predicted octanol–water partition coefficient (Wildman–Crippen LogP) is 3.07. The summed E-state index contributed by atoms with van der Waals surface area (Å²) in [4.78, 5) is 4.17. The number of rotatable bonds is 2. The molecule has 110 valence electrons. The number of ether oxygens (including phenoxy) is 2. The molecule has 0 aliphatic carbocycles. The molecule has 5 nitrogen and oxygen atoms in total. The van der Waals surface area contributed by atoms with Crippen LogP contribution >= 0.6 is 15.9 Å². The first-order chi connectivity index (χ1) is 10.6. The monoisotopic (exact) mass is 357 g/mol. The Hall–Kier alpha value is -2.52. The molecule has 0 saturated heterocycles. The van der Waals surface area contributed by atoms with Crippen molar-refractivity contribution in [3.63, 3.8) is 0 Å². The second kappa shape index (κ2) is 5.70. The maximum atomic E-state index is 9.46. The third kappa shape index (κ3) is 2.40. The molecule has 1 aliphatic heterocycles. The number of halogens is 1. The van der Waals surface area contributed by atoms with Gasteiger partial charge in [-0.15, -0.1) is 0 Å². The molecule has 1 aliphatic rings. The summed E-state index contributed by atoms with van der Waals surface area (Å²) in [6.07, 6.45) is 3.41. The van der Waals surface area contributed by atoms with Crippen LogP contribution in [0.5, 0.6) is 11.5 Å². The largest absolute Gasteiger partial charge is 0.497 e. The lowest BCUT2D eigenvalue weighted by Gasteiger charge is -2.26. The summed E-state index contributed by atoms with van der Waals surface area (Å²) < 4.78 is 11.6. The number of pyridine rings is 1. The van der Waals surface area contributed by atoms with Gasteiger partial charge in [0.25, 0.3) is 0 Å². The van der Waals surface area contributed by atoms with Crippen molar-refractivity contribution in [1.29, 1.82) is 5.26 Å². The molecule has 1 aromatic carbocycles. The standard InChI is InChI=1S/C16H12BrN3O2/c1-21-11-2-3-12-14(5-11)22-16(19)13(6-18)15(12)9-4-10(17)8-20-7-9/h2-5,7-8,15H,19H2,1H3. The van der Waals surface area contributed by atoms with Gasteiger partial charge in [0.05, 0.1) is 13.0 Å². The van der Waals surface area contributed by atoms with Gasteiger partial charge in [0, 0.05) is 28.5 Å². The Kier molecular flexibility index (Phi) is 3.73. The van der Waals surface area contributed by atoms with E-state index in [1.54, 1.807) is 25.6 Å². The van der Waals surface area contributed by atoms with E-state index in [0.717, 1.165) is 15.6 Å². The number of hydrogen-bond acceptors (Lipinski definition) is 5. The molecule has 1 aromatic heterocycles. The summed E-state index contributed by atoms with van der Waals surface area (Å²) in [6.45, 7) is 0. The number of fused-ring (bicyclic) bond motifs is 1. The first kappa shape index (κ1) is 14.4. The Labute approximate surface area is 136 Å². The highest BCUT2D eigenvalue weighted by Gasteiger charge is 2.31. The molecule has 0 saturated carbocycles. The smallest absolute Gasteiger partial charge is 0.205 e. The van der Waals surface area contributed by atoms with Gasteiger partial charge >= 0.3 is 0 Å². The Balaban J connectivity index is 2.21. The molecule has 3 rings (SSSR count). The summed E-state index contributed by atoms with van der Waals surface area (Å²) in [6, 6.07) is 9.53. The first-order valence-corrected chi connectivity index (χ1v) is 7.29. The quantitative estimate of drug-likeness (QED) is 0.892.